The summed E-state index contributed by atoms with van der Waals surface area (Å²) in [4.78, 5) is 0. The molecule has 1 aliphatic carbocycles. The van der Waals surface area contributed by atoms with Gasteiger partial charge in [-0.15, -0.1) is 0 Å². The van der Waals surface area contributed by atoms with Gasteiger partial charge < -0.3 is 9.84 Å². The van der Waals surface area contributed by atoms with E-state index >= 15 is 0 Å². The van der Waals surface area contributed by atoms with E-state index in [1.165, 1.54) is 6.42 Å². The highest BCUT2D eigenvalue weighted by Crippen LogP contribution is 2.39. The summed E-state index contributed by atoms with van der Waals surface area (Å²) < 4.78 is 7.47. The second kappa shape index (κ2) is 5.41. The van der Waals surface area contributed by atoms with Crippen LogP contribution in [0.15, 0.2) is 12.3 Å². The van der Waals surface area contributed by atoms with Crippen LogP contribution in [-0.4, -0.2) is 33.7 Å². The molecule has 0 radical (unpaired) electrons. The zero-order valence-corrected chi connectivity index (χ0v) is 11.6. The average molecular weight is 252 g/mol. The lowest BCUT2D eigenvalue weighted by Crippen LogP contribution is -2.42. The van der Waals surface area contributed by atoms with Crippen LogP contribution in [0.5, 0.6) is 0 Å². The van der Waals surface area contributed by atoms with E-state index in [1.54, 1.807) is 7.11 Å². The standard InChI is InChI=1S/C14H24N2O2/c1-11(2)16-8-5-12(15-16)9-13(17)10-14(18-3)6-4-7-14/h5,8,11,13,17H,4,6-7,9-10H2,1-3H3. The van der Waals surface area contributed by atoms with Crippen molar-refractivity contribution in [2.24, 2.45) is 0 Å². The largest absolute Gasteiger partial charge is 0.393 e. The van der Waals surface area contributed by atoms with Crippen molar-refractivity contribution in [3.05, 3.63) is 18.0 Å². The Bertz CT molecular complexity index is 377. The van der Waals surface area contributed by atoms with Crippen molar-refractivity contribution in [1.82, 2.24) is 9.78 Å². The van der Waals surface area contributed by atoms with Gasteiger partial charge in [-0.3, -0.25) is 4.68 Å². The van der Waals surface area contributed by atoms with Gasteiger partial charge in [-0.2, -0.15) is 5.10 Å². The van der Waals surface area contributed by atoms with Crippen molar-refractivity contribution >= 4 is 0 Å². The Morgan fingerprint density at radius 1 is 1.50 bits per heavy atom. The number of aromatic nitrogens is 2. The Kier molecular flexibility index (Phi) is 4.07. The fourth-order valence-corrected chi connectivity index (χ4v) is 2.58. The van der Waals surface area contributed by atoms with Gasteiger partial charge in [-0.05, 0) is 39.2 Å². The predicted molar refractivity (Wildman–Crippen MR) is 70.5 cm³/mol. The summed E-state index contributed by atoms with van der Waals surface area (Å²) in [5.41, 5.74) is 0.891. The molecule has 4 heteroatoms. The van der Waals surface area contributed by atoms with Crippen LogP contribution in [0.25, 0.3) is 0 Å². The van der Waals surface area contributed by atoms with E-state index in [9.17, 15) is 5.11 Å². The number of aliphatic hydroxyl groups is 1. The van der Waals surface area contributed by atoms with E-state index in [-0.39, 0.29) is 11.7 Å². The highest BCUT2D eigenvalue weighted by atomic mass is 16.5. The zero-order valence-electron chi connectivity index (χ0n) is 11.6. The molecule has 4 nitrogen and oxygen atoms in total. The summed E-state index contributed by atoms with van der Waals surface area (Å²) in [5, 5.41) is 14.6. The number of hydrogen-bond acceptors (Lipinski definition) is 3. The molecule has 102 valence electrons. The minimum atomic E-state index is -0.360. The molecule has 0 spiro atoms. The summed E-state index contributed by atoms with van der Waals surface area (Å²) in [6.07, 6.45) is 6.30. The molecule has 1 aromatic rings. The van der Waals surface area contributed by atoms with Crippen molar-refractivity contribution in [2.45, 2.75) is 63.7 Å². The summed E-state index contributed by atoms with van der Waals surface area (Å²) in [5.74, 6) is 0. The molecule has 2 rings (SSSR count). The minimum absolute atomic E-state index is 0.0694. The van der Waals surface area contributed by atoms with E-state index in [4.69, 9.17) is 4.74 Å². The Hall–Kier alpha value is -0.870. The van der Waals surface area contributed by atoms with Crippen LogP contribution in [0, 0.1) is 0 Å². The number of aliphatic hydroxyl groups excluding tert-OH is 1. The minimum Gasteiger partial charge on any atom is -0.393 e. The molecule has 1 aliphatic rings. The lowest BCUT2D eigenvalue weighted by molar-refractivity contribution is -0.0990. The summed E-state index contributed by atoms with van der Waals surface area (Å²) in [7, 11) is 1.75. The number of hydrogen-bond donors (Lipinski definition) is 1. The van der Waals surface area contributed by atoms with Crippen molar-refractivity contribution in [3.8, 4) is 0 Å². The molecular formula is C14H24N2O2. The first-order valence-electron chi connectivity index (χ1n) is 6.82. The first-order chi connectivity index (χ1) is 8.54. The van der Waals surface area contributed by atoms with E-state index < -0.39 is 0 Å². The predicted octanol–water partition coefficient (Wildman–Crippen LogP) is 2.33. The maximum Gasteiger partial charge on any atom is 0.0703 e. The third kappa shape index (κ3) is 2.93. The summed E-state index contributed by atoms with van der Waals surface area (Å²) in [6.45, 7) is 4.20. The molecule has 1 aromatic heterocycles. The van der Waals surface area contributed by atoms with Gasteiger partial charge >= 0.3 is 0 Å². The number of ether oxygens (including phenoxy) is 1. The van der Waals surface area contributed by atoms with Crippen molar-refractivity contribution in [1.29, 1.82) is 0 Å². The molecule has 1 atom stereocenters. The molecule has 0 bridgehead atoms. The van der Waals surface area contributed by atoms with E-state index in [0.717, 1.165) is 25.0 Å². The molecule has 0 aliphatic heterocycles. The molecule has 1 fully saturated rings. The Morgan fingerprint density at radius 2 is 2.22 bits per heavy atom. The van der Waals surface area contributed by atoms with Crippen molar-refractivity contribution in [3.63, 3.8) is 0 Å². The van der Waals surface area contributed by atoms with Gasteiger partial charge in [0.15, 0.2) is 0 Å². The van der Waals surface area contributed by atoms with Gasteiger partial charge in [0.1, 0.15) is 0 Å². The summed E-state index contributed by atoms with van der Waals surface area (Å²) in [6, 6.07) is 2.36. The van der Waals surface area contributed by atoms with Crippen LogP contribution in [0.3, 0.4) is 0 Å². The first-order valence-corrected chi connectivity index (χ1v) is 6.82. The smallest absolute Gasteiger partial charge is 0.0703 e. The first kappa shape index (κ1) is 13.6. The number of rotatable bonds is 6. The van der Waals surface area contributed by atoms with Crippen LogP contribution in [0.1, 0.15) is 51.3 Å². The lowest BCUT2D eigenvalue weighted by atomic mass is 9.75. The number of nitrogens with zero attached hydrogens (tertiary/aromatic N) is 2. The van der Waals surface area contributed by atoms with Gasteiger partial charge in [0.05, 0.1) is 17.4 Å². The molecule has 0 saturated heterocycles. The number of methoxy groups -OCH3 is 1. The molecule has 0 aromatic carbocycles. The van der Waals surface area contributed by atoms with Crippen LogP contribution in [0.2, 0.25) is 0 Å². The highest BCUT2D eigenvalue weighted by molar-refractivity contribution is 5.02. The van der Waals surface area contributed by atoms with E-state index in [1.807, 2.05) is 16.9 Å². The molecule has 1 heterocycles. The normalized spacial score (nSPS) is 19.8. The monoisotopic (exact) mass is 252 g/mol. The van der Waals surface area contributed by atoms with Crippen LogP contribution in [0.4, 0.5) is 0 Å². The molecule has 18 heavy (non-hydrogen) atoms. The highest BCUT2D eigenvalue weighted by Gasteiger charge is 2.38. The zero-order chi connectivity index (χ0) is 13.2. The Morgan fingerprint density at radius 3 is 2.67 bits per heavy atom. The van der Waals surface area contributed by atoms with Crippen LogP contribution >= 0.6 is 0 Å². The molecular weight excluding hydrogens is 228 g/mol. The Labute approximate surface area is 109 Å². The van der Waals surface area contributed by atoms with Gasteiger partial charge in [-0.1, -0.05) is 0 Å². The average Bonchev–Trinajstić information content (AvgIpc) is 2.72. The quantitative estimate of drug-likeness (QED) is 0.845. The van der Waals surface area contributed by atoms with E-state index in [0.29, 0.717) is 12.5 Å². The fourth-order valence-electron chi connectivity index (χ4n) is 2.58. The van der Waals surface area contributed by atoms with Gasteiger partial charge in [0, 0.05) is 32.2 Å². The Balaban J connectivity index is 1.88. The molecule has 1 saturated carbocycles. The SMILES string of the molecule is COC1(CC(O)Cc2ccn(C(C)C)n2)CCC1. The van der Waals surface area contributed by atoms with Crippen molar-refractivity contribution in [2.75, 3.05) is 7.11 Å². The fraction of sp³-hybridized carbons (Fsp3) is 0.786. The van der Waals surface area contributed by atoms with Crippen LogP contribution in [-0.2, 0) is 11.2 Å². The van der Waals surface area contributed by atoms with Crippen LogP contribution < -0.4 is 0 Å². The molecule has 0 amide bonds. The van der Waals surface area contributed by atoms with Crippen molar-refractivity contribution < 1.29 is 9.84 Å². The topological polar surface area (TPSA) is 47.3 Å². The lowest BCUT2D eigenvalue weighted by Gasteiger charge is -2.41. The van der Waals surface area contributed by atoms with Gasteiger partial charge in [0.2, 0.25) is 0 Å². The second-order valence-corrected chi connectivity index (χ2v) is 5.68. The molecule has 1 unspecified atom stereocenters. The van der Waals surface area contributed by atoms with Gasteiger partial charge in [-0.25, -0.2) is 0 Å². The third-order valence-electron chi connectivity index (χ3n) is 3.94. The van der Waals surface area contributed by atoms with Gasteiger partial charge in [0.25, 0.3) is 0 Å². The summed E-state index contributed by atoms with van der Waals surface area (Å²) >= 11 is 0. The second-order valence-electron chi connectivity index (χ2n) is 5.68. The maximum absolute atomic E-state index is 10.2. The molecule has 1 N–H and O–H groups in total. The third-order valence-corrected chi connectivity index (χ3v) is 3.94. The maximum atomic E-state index is 10.2. The van der Waals surface area contributed by atoms with E-state index in [2.05, 4.69) is 18.9 Å².